The van der Waals surface area contributed by atoms with Crippen molar-refractivity contribution >= 4 is 16.8 Å². The van der Waals surface area contributed by atoms with Gasteiger partial charge in [-0.25, -0.2) is 0 Å². The summed E-state index contributed by atoms with van der Waals surface area (Å²) in [6.45, 7) is 0. The van der Waals surface area contributed by atoms with Crippen LogP contribution in [-0.4, -0.2) is 16.8 Å². The van der Waals surface area contributed by atoms with Crippen LogP contribution in [-0.2, 0) is 22.4 Å². The minimum atomic E-state index is 0. The number of rotatable bonds is 0. The Hall–Kier alpha value is 1.87. The first-order valence-corrected chi connectivity index (χ1v) is 0. The summed E-state index contributed by atoms with van der Waals surface area (Å²) >= 11 is 0. The maximum Gasteiger partial charge on any atom is 1.00 e. The maximum absolute atomic E-state index is 0. The van der Waals surface area contributed by atoms with Crippen molar-refractivity contribution in [3.05, 3.63) is 0 Å². The molecule has 0 N–H and O–H groups in total. The smallest absolute Gasteiger partial charge is 0.0626 e. The first-order valence-electron chi connectivity index (χ1n) is 0. The molecular weight excluding hydrogens is 152 g/mol. The van der Waals surface area contributed by atoms with Gasteiger partial charge in [-0.2, -0.15) is 0 Å². The van der Waals surface area contributed by atoms with Gasteiger partial charge in [-0.05, 0) is 0 Å². The van der Waals surface area contributed by atoms with Gasteiger partial charge in [0.05, 0.1) is 0 Å². The van der Waals surface area contributed by atoms with Crippen LogP contribution in [0.1, 0.15) is 0 Å². The topological polar surface area (TPSA) is 0 Å². The van der Waals surface area contributed by atoms with Crippen molar-refractivity contribution in [1.82, 2.24) is 0 Å². The SMILES string of the molecule is [Ag+].[BH4-].[BH4-].[Na+]. The molecule has 0 bridgehead atoms. The van der Waals surface area contributed by atoms with Crippen LogP contribution in [0.5, 0.6) is 0 Å². The Morgan fingerprint density at radius 1 is 0.750 bits per heavy atom. The van der Waals surface area contributed by atoms with Crippen LogP contribution < -0.4 is 29.6 Å². The second kappa shape index (κ2) is 20.9. The average Bonchev–Trinajstić information content (AvgIpc) is 0. The van der Waals surface area contributed by atoms with Crippen LogP contribution in [0.25, 0.3) is 0 Å². The van der Waals surface area contributed by atoms with Crippen LogP contribution in [0.15, 0.2) is 0 Å². The Morgan fingerprint density at radius 3 is 0.750 bits per heavy atom. The van der Waals surface area contributed by atoms with Gasteiger partial charge in [0.2, 0.25) is 0 Å². The number of hydrogen-bond acceptors (Lipinski definition) is 0. The van der Waals surface area contributed by atoms with Gasteiger partial charge in [0.15, 0.2) is 0 Å². The molecule has 0 aromatic rings. The fourth-order valence-electron chi connectivity index (χ4n) is 0. The molecular formula is H8AgB2Na. The van der Waals surface area contributed by atoms with E-state index in [0.717, 1.165) is 0 Å². The molecule has 0 radical (unpaired) electrons. The van der Waals surface area contributed by atoms with Crippen molar-refractivity contribution in [3.63, 3.8) is 0 Å². The number of hydrogen-bond donors (Lipinski definition) is 0. The summed E-state index contributed by atoms with van der Waals surface area (Å²) < 4.78 is 0. The van der Waals surface area contributed by atoms with Crippen molar-refractivity contribution in [2.75, 3.05) is 0 Å². The maximum atomic E-state index is 0. The second-order valence-corrected chi connectivity index (χ2v) is 0. The van der Waals surface area contributed by atoms with Crippen molar-refractivity contribution in [1.29, 1.82) is 0 Å². The zero-order chi connectivity index (χ0) is 0. The predicted molar refractivity (Wildman–Crippen MR) is 22.7 cm³/mol. The molecule has 0 aliphatic carbocycles. The molecule has 0 unspecified atom stereocenters. The summed E-state index contributed by atoms with van der Waals surface area (Å²) in [5, 5.41) is 0. The van der Waals surface area contributed by atoms with Crippen molar-refractivity contribution in [2.45, 2.75) is 0 Å². The van der Waals surface area contributed by atoms with Gasteiger partial charge in [-0.1, -0.05) is 16.8 Å². The molecule has 4 heteroatoms. The third kappa shape index (κ3) is 9.12. The van der Waals surface area contributed by atoms with E-state index in [1.54, 1.807) is 0 Å². The van der Waals surface area contributed by atoms with E-state index in [0.29, 0.717) is 0 Å². The summed E-state index contributed by atoms with van der Waals surface area (Å²) in [7, 11) is 0. The van der Waals surface area contributed by atoms with Gasteiger partial charge in [0, 0.05) is 0 Å². The molecule has 0 spiro atoms. The molecule has 0 aliphatic rings. The van der Waals surface area contributed by atoms with Crippen LogP contribution in [0, 0.1) is 0 Å². The minimum Gasteiger partial charge on any atom is -0.0626 e. The van der Waals surface area contributed by atoms with Gasteiger partial charge in [0.1, 0.15) is 0 Å². The van der Waals surface area contributed by atoms with E-state index in [4.69, 9.17) is 0 Å². The molecule has 0 saturated carbocycles. The van der Waals surface area contributed by atoms with Crippen LogP contribution >= 0.6 is 0 Å². The molecule has 0 atom stereocenters. The van der Waals surface area contributed by atoms with E-state index < -0.39 is 0 Å². The molecule has 0 rings (SSSR count). The van der Waals surface area contributed by atoms with Gasteiger partial charge < -0.3 is 0 Å². The van der Waals surface area contributed by atoms with E-state index in [9.17, 15) is 0 Å². The largest absolute Gasteiger partial charge is 1.00 e. The molecule has 0 aromatic carbocycles. The third-order valence-electron chi connectivity index (χ3n) is 0. The Labute approximate surface area is 68.1 Å². The molecule has 0 nitrogen and oxygen atoms in total. The first-order chi connectivity index (χ1) is 0. The predicted octanol–water partition coefficient (Wildman–Crippen LogP) is -5.90. The summed E-state index contributed by atoms with van der Waals surface area (Å²) in [6.07, 6.45) is 0. The molecule has 0 fully saturated rings. The molecule has 0 amide bonds. The van der Waals surface area contributed by atoms with E-state index in [1.165, 1.54) is 0 Å². The van der Waals surface area contributed by atoms with Gasteiger partial charge >= 0.3 is 51.9 Å². The monoisotopic (exact) mass is 160 g/mol. The van der Waals surface area contributed by atoms with Gasteiger partial charge in [-0.15, -0.1) is 0 Å². The van der Waals surface area contributed by atoms with E-state index in [1.807, 2.05) is 0 Å². The molecule has 4 heavy (non-hydrogen) atoms. The van der Waals surface area contributed by atoms with Gasteiger partial charge in [-0.3, -0.25) is 0 Å². The first kappa shape index (κ1) is 39.8. The van der Waals surface area contributed by atoms with Crippen LogP contribution in [0.3, 0.4) is 0 Å². The van der Waals surface area contributed by atoms with Crippen molar-refractivity contribution in [3.8, 4) is 0 Å². The fraction of sp³-hybridized carbons (Fsp3) is 0. The summed E-state index contributed by atoms with van der Waals surface area (Å²) in [5.41, 5.74) is 0. The standard InChI is InChI=1S/Ag.2BH4.Na/h;2*1H4;/q+1;2*-1;+1. The Morgan fingerprint density at radius 2 is 0.750 bits per heavy atom. The van der Waals surface area contributed by atoms with Crippen LogP contribution in [0.4, 0.5) is 0 Å². The minimum absolute atomic E-state index is 0. The van der Waals surface area contributed by atoms with E-state index in [-0.39, 0.29) is 68.8 Å². The van der Waals surface area contributed by atoms with Crippen LogP contribution in [0.2, 0.25) is 0 Å². The molecule has 0 saturated heterocycles. The quantitative estimate of drug-likeness (QED) is 0.310. The molecule has 0 heterocycles. The van der Waals surface area contributed by atoms with Crippen molar-refractivity contribution in [2.24, 2.45) is 0 Å². The zero-order valence-corrected chi connectivity index (χ0v) is 4.78. The normalized spacial score (nSPS) is 0. The Balaban J connectivity index is 0. The van der Waals surface area contributed by atoms with Gasteiger partial charge in [0.25, 0.3) is 0 Å². The second-order valence-electron chi connectivity index (χ2n) is 0. The van der Waals surface area contributed by atoms with Crippen molar-refractivity contribution < 1.29 is 51.9 Å². The third-order valence-corrected chi connectivity index (χ3v) is 0. The molecule has 0 aromatic heterocycles. The summed E-state index contributed by atoms with van der Waals surface area (Å²) in [6, 6.07) is 0. The van der Waals surface area contributed by atoms with E-state index in [2.05, 4.69) is 0 Å². The summed E-state index contributed by atoms with van der Waals surface area (Å²) in [5.74, 6) is 0. The summed E-state index contributed by atoms with van der Waals surface area (Å²) in [4.78, 5) is 0. The average molecular weight is 161 g/mol. The zero-order valence-electron chi connectivity index (χ0n) is 1.30. The Kier molecular flexibility index (Phi) is 208. The molecule has 26 valence electrons. The molecule has 0 aliphatic heterocycles. The fourth-order valence-corrected chi connectivity index (χ4v) is 0. The van der Waals surface area contributed by atoms with E-state index >= 15 is 0 Å². The Bertz CT molecular complexity index is 6.00.